The van der Waals surface area contributed by atoms with Crippen LogP contribution in [0.25, 0.3) is 0 Å². The van der Waals surface area contributed by atoms with Gasteiger partial charge < -0.3 is 15.3 Å². The van der Waals surface area contributed by atoms with Crippen molar-refractivity contribution in [2.75, 3.05) is 31.6 Å². The fourth-order valence-electron chi connectivity index (χ4n) is 1.57. The lowest BCUT2D eigenvalue weighted by Gasteiger charge is -2.38. The van der Waals surface area contributed by atoms with Crippen LogP contribution >= 0.6 is 0 Å². The van der Waals surface area contributed by atoms with E-state index < -0.39 is 15.8 Å². The van der Waals surface area contributed by atoms with E-state index in [0.29, 0.717) is 13.1 Å². The Morgan fingerprint density at radius 1 is 1.41 bits per heavy atom. The molecule has 1 fully saturated rings. The van der Waals surface area contributed by atoms with Crippen molar-refractivity contribution in [3.63, 3.8) is 0 Å². The Labute approximate surface area is 99.7 Å². The van der Waals surface area contributed by atoms with Crippen LogP contribution in [-0.2, 0) is 14.6 Å². The summed E-state index contributed by atoms with van der Waals surface area (Å²) in [5.74, 6) is -0.953. The van der Waals surface area contributed by atoms with E-state index >= 15 is 0 Å². The van der Waals surface area contributed by atoms with Gasteiger partial charge in [0.15, 0.2) is 0 Å². The zero-order valence-corrected chi connectivity index (χ0v) is 10.4. The molecule has 0 aliphatic carbocycles. The Morgan fingerprint density at radius 3 is 2.47 bits per heavy atom. The van der Waals surface area contributed by atoms with Gasteiger partial charge in [0.1, 0.15) is 9.84 Å². The smallest absolute Gasteiger partial charge is 0.317 e. The molecular formula is C9H16N2O5S. The summed E-state index contributed by atoms with van der Waals surface area (Å²) in [5.41, 5.74) is 0. The monoisotopic (exact) mass is 264 g/mol. The highest BCUT2D eigenvalue weighted by molar-refractivity contribution is 7.90. The van der Waals surface area contributed by atoms with Gasteiger partial charge in [-0.15, -0.1) is 0 Å². The summed E-state index contributed by atoms with van der Waals surface area (Å²) in [7, 11) is -3.07. The van der Waals surface area contributed by atoms with Gasteiger partial charge >= 0.3 is 12.0 Å². The summed E-state index contributed by atoms with van der Waals surface area (Å²) in [4.78, 5) is 23.3. The molecule has 1 rings (SSSR count). The second kappa shape index (κ2) is 5.35. The molecule has 17 heavy (non-hydrogen) atoms. The molecule has 2 amide bonds. The van der Waals surface area contributed by atoms with Gasteiger partial charge in [-0.2, -0.15) is 0 Å². The third-order valence-corrected chi connectivity index (χ3v) is 3.40. The third-order valence-electron chi connectivity index (χ3n) is 2.46. The minimum absolute atomic E-state index is 0.00755. The molecule has 1 saturated heterocycles. The quantitative estimate of drug-likeness (QED) is 0.673. The van der Waals surface area contributed by atoms with E-state index in [1.165, 1.54) is 4.90 Å². The highest BCUT2D eigenvalue weighted by atomic mass is 32.2. The maximum absolute atomic E-state index is 11.4. The van der Waals surface area contributed by atoms with Crippen LogP contribution in [0.3, 0.4) is 0 Å². The van der Waals surface area contributed by atoms with Crippen molar-refractivity contribution in [1.82, 2.24) is 10.2 Å². The van der Waals surface area contributed by atoms with Crippen molar-refractivity contribution in [2.24, 2.45) is 5.92 Å². The molecule has 0 saturated carbocycles. The van der Waals surface area contributed by atoms with Crippen molar-refractivity contribution in [3.05, 3.63) is 0 Å². The summed E-state index contributed by atoms with van der Waals surface area (Å²) in [6.07, 6.45) is 1.17. The van der Waals surface area contributed by atoms with Crippen LogP contribution in [0.1, 0.15) is 6.42 Å². The van der Waals surface area contributed by atoms with E-state index in [1.807, 2.05) is 0 Å². The molecule has 0 aromatic heterocycles. The average Bonchev–Trinajstić information content (AvgIpc) is 2.07. The van der Waals surface area contributed by atoms with Crippen LogP contribution in [0.2, 0.25) is 0 Å². The number of carboxylic acids is 1. The fourth-order valence-corrected chi connectivity index (χ4v) is 2.04. The van der Waals surface area contributed by atoms with Crippen LogP contribution in [-0.4, -0.2) is 62.1 Å². The van der Waals surface area contributed by atoms with Crippen molar-refractivity contribution >= 4 is 21.8 Å². The first-order chi connectivity index (χ1) is 7.78. The van der Waals surface area contributed by atoms with Gasteiger partial charge in [-0.05, 0) is 0 Å². The van der Waals surface area contributed by atoms with Crippen molar-refractivity contribution in [2.45, 2.75) is 6.42 Å². The summed E-state index contributed by atoms with van der Waals surface area (Å²) < 4.78 is 21.6. The topological polar surface area (TPSA) is 104 Å². The first kappa shape index (κ1) is 13.8. The van der Waals surface area contributed by atoms with E-state index in [1.54, 1.807) is 0 Å². The lowest BCUT2D eigenvalue weighted by atomic mass is 9.97. The molecule has 0 unspecified atom stereocenters. The number of hydrogen-bond donors (Lipinski definition) is 2. The first-order valence-corrected chi connectivity index (χ1v) is 7.26. The van der Waals surface area contributed by atoms with Gasteiger partial charge in [0.2, 0.25) is 0 Å². The number of nitrogens with zero attached hydrogens (tertiary/aromatic N) is 1. The minimum Gasteiger partial charge on any atom is -0.481 e. The first-order valence-electron chi connectivity index (χ1n) is 5.20. The molecule has 0 aromatic rings. The molecule has 8 heteroatoms. The van der Waals surface area contributed by atoms with Gasteiger partial charge in [-0.25, -0.2) is 13.2 Å². The SMILES string of the molecule is CS(=O)(=O)CCNC(=O)N1CC(CC(=O)O)C1. The summed E-state index contributed by atoms with van der Waals surface area (Å²) in [6, 6.07) is -0.338. The number of hydrogen-bond acceptors (Lipinski definition) is 4. The lowest BCUT2D eigenvalue weighted by Crippen LogP contribution is -2.54. The second-order valence-corrected chi connectivity index (χ2v) is 6.49. The van der Waals surface area contributed by atoms with Gasteiger partial charge in [-0.3, -0.25) is 4.79 Å². The molecule has 1 aliphatic rings. The Bertz CT molecular complexity index is 400. The molecule has 0 atom stereocenters. The predicted molar refractivity (Wildman–Crippen MR) is 60.4 cm³/mol. The summed E-state index contributed by atoms with van der Waals surface area (Å²) in [5, 5.41) is 11.0. The number of aliphatic carboxylic acids is 1. The third kappa shape index (κ3) is 5.03. The molecule has 1 aliphatic heterocycles. The molecule has 0 aromatic carbocycles. The largest absolute Gasteiger partial charge is 0.481 e. The number of urea groups is 1. The highest BCUT2D eigenvalue weighted by Gasteiger charge is 2.31. The van der Waals surface area contributed by atoms with Gasteiger partial charge in [0.05, 0.1) is 12.2 Å². The van der Waals surface area contributed by atoms with Gasteiger partial charge in [0.25, 0.3) is 0 Å². The van der Waals surface area contributed by atoms with Crippen LogP contribution in [0.15, 0.2) is 0 Å². The minimum atomic E-state index is -3.07. The van der Waals surface area contributed by atoms with Gasteiger partial charge in [-0.1, -0.05) is 0 Å². The zero-order valence-electron chi connectivity index (χ0n) is 9.55. The van der Waals surface area contributed by atoms with E-state index in [-0.39, 0.29) is 30.7 Å². The predicted octanol–water partition coefficient (Wildman–Crippen LogP) is -0.853. The number of likely N-dealkylation sites (tertiary alicyclic amines) is 1. The highest BCUT2D eigenvalue weighted by Crippen LogP contribution is 2.18. The maximum atomic E-state index is 11.4. The number of nitrogens with one attached hydrogen (secondary N) is 1. The number of carbonyl (C=O) groups is 2. The Morgan fingerprint density at radius 2 is 2.00 bits per heavy atom. The standard InChI is InChI=1S/C9H16N2O5S/c1-17(15,16)3-2-10-9(14)11-5-7(6-11)4-8(12)13/h7H,2-6H2,1H3,(H,10,14)(H,12,13). The van der Waals surface area contributed by atoms with E-state index in [0.717, 1.165) is 6.26 Å². The van der Waals surface area contributed by atoms with Crippen molar-refractivity contribution < 1.29 is 23.1 Å². The Kier molecular flexibility index (Phi) is 4.33. The molecule has 0 spiro atoms. The number of sulfone groups is 1. The number of rotatable bonds is 5. The van der Waals surface area contributed by atoms with E-state index in [4.69, 9.17) is 5.11 Å². The summed E-state index contributed by atoms with van der Waals surface area (Å²) >= 11 is 0. The maximum Gasteiger partial charge on any atom is 0.317 e. The molecule has 0 bridgehead atoms. The molecule has 1 heterocycles. The zero-order chi connectivity index (χ0) is 13.1. The lowest BCUT2D eigenvalue weighted by molar-refractivity contribution is -0.139. The second-order valence-electron chi connectivity index (χ2n) is 4.23. The average molecular weight is 264 g/mol. The normalized spacial score (nSPS) is 16.4. The van der Waals surface area contributed by atoms with Gasteiger partial charge in [0, 0.05) is 31.8 Å². The Hall–Kier alpha value is -1.31. The van der Waals surface area contributed by atoms with Crippen LogP contribution < -0.4 is 5.32 Å². The Balaban J connectivity index is 2.17. The number of amides is 2. The molecule has 7 nitrogen and oxygen atoms in total. The number of carboxylic acid groups (broad SMARTS) is 1. The van der Waals surface area contributed by atoms with E-state index in [2.05, 4.69) is 5.32 Å². The fraction of sp³-hybridized carbons (Fsp3) is 0.778. The molecule has 2 N–H and O–H groups in total. The van der Waals surface area contributed by atoms with E-state index in [9.17, 15) is 18.0 Å². The molecular weight excluding hydrogens is 248 g/mol. The van der Waals surface area contributed by atoms with Crippen LogP contribution in [0.5, 0.6) is 0 Å². The van der Waals surface area contributed by atoms with Crippen LogP contribution in [0.4, 0.5) is 4.79 Å². The molecule has 98 valence electrons. The molecule has 0 radical (unpaired) electrons. The van der Waals surface area contributed by atoms with Crippen molar-refractivity contribution in [3.8, 4) is 0 Å². The summed E-state index contributed by atoms with van der Waals surface area (Å²) in [6.45, 7) is 0.909. The van der Waals surface area contributed by atoms with Crippen molar-refractivity contribution in [1.29, 1.82) is 0 Å². The number of carbonyl (C=O) groups excluding carboxylic acids is 1. The van der Waals surface area contributed by atoms with Crippen LogP contribution in [0, 0.1) is 5.92 Å².